The zero-order valence-electron chi connectivity index (χ0n) is 11.4. The number of benzene rings is 1. The first-order valence-electron chi connectivity index (χ1n) is 7.03. The topological polar surface area (TPSA) is 27.7 Å². The molecule has 0 aromatic heterocycles. The second-order valence-corrected chi connectivity index (χ2v) is 6.21. The van der Waals surface area contributed by atoms with E-state index in [0.717, 1.165) is 30.6 Å². The van der Waals surface area contributed by atoms with Crippen LogP contribution in [0.25, 0.3) is 0 Å². The number of alkyl halides is 1. The highest BCUT2D eigenvalue weighted by Crippen LogP contribution is 2.42. The first kappa shape index (κ1) is 14.3. The van der Waals surface area contributed by atoms with Gasteiger partial charge in [-0.25, -0.2) is 0 Å². The monoisotopic (exact) mass is 316 g/mol. The lowest BCUT2D eigenvalue weighted by Crippen LogP contribution is -2.15. The van der Waals surface area contributed by atoms with Crippen LogP contribution in [0.4, 0.5) is 0 Å². The van der Waals surface area contributed by atoms with Crippen molar-refractivity contribution in [1.29, 1.82) is 0 Å². The molecule has 0 radical (unpaired) electrons. The van der Waals surface area contributed by atoms with Crippen molar-refractivity contribution in [3.05, 3.63) is 22.7 Å². The molecule has 1 aromatic carbocycles. The van der Waals surface area contributed by atoms with Crippen LogP contribution in [0, 0.1) is 0 Å². The number of fused-ring (bicyclic) bond motifs is 1. The Bertz CT molecular complexity index is 492. The number of rotatable bonds is 2. The van der Waals surface area contributed by atoms with Crippen LogP contribution in [0.15, 0.2) is 12.1 Å². The van der Waals surface area contributed by atoms with E-state index >= 15 is 0 Å². The van der Waals surface area contributed by atoms with E-state index in [2.05, 4.69) is 6.92 Å². The van der Waals surface area contributed by atoms with Crippen molar-refractivity contribution in [3.63, 3.8) is 0 Å². The van der Waals surface area contributed by atoms with Gasteiger partial charge in [0.25, 0.3) is 0 Å². The smallest absolute Gasteiger partial charge is 0.162 e. The van der Waals surface area contributed by atoms with Gasteiger partial charge in [0.2, 0.25) is 0 Å². The molecule has 2 aliphatic heterocycles. The minimum absolute atomic E-state index is 0.00825. The van der Waals surface area contributed by atoms with Crippen LogP contribution < -0.4 is 9.47 Å². The Balaban J connectivity index is 1.87. The van der Waals surface area contributed by atoms with Gasteiger partial charge in [-0.3, -0.25) is 0 Å². The van der Waals surface area contributed by atoms with E-state index in [1.807, 2.05) is 6.07 Å². The van der Waals surface area contributed by atoms with Gasteiger partial charge in [0, 0.05) is 17.5 Å². The Morgan fingerprint density at radius 2 is 1.85 bits per heavy atom. The maximum atomic E-state index is 6.56. The summed E-state index contributed by atoms with van der Waals surface area (Å²) in [6.07, 6.45) is 3.14. The van der Waals surface area contributed by atoms with Crippen LogP contribution in [0.2, 0.25) is 5.02 Å². The molecule has 3 nitrogen and oxygen atoms in total. The molecule has 0 N–H and O–H groups in total. The largest absolute Gasteiger partial charge is 0.490 e. The summed E-state index contributed by atoms with van der Waals surface area (Å²) in [6.45, 7) is 3.37. The Hall–Kier alpha value is -0.640. The predicted octanol–water partition coefficient (Wildman–Crippen LogP) is 4.35. The van der Waals surface area contributed by atoms with Gasteiger partial charge in [0.05, 0.1) is 30.8 Å². The van der Waals surface area contributed by atoms with Gasteiger partial charge in [-0.05, 0) is 31.4 Å². The molecule has 3 unspecified atom stereocenters. The van der Waals surface area contributed by atoms with Gasteiger partial charge in [-0.15, -0.1) is 11.6 Å². The Morgan fingerprint density at radius 3 is 2.50 bits per heavy atom. The molecule has 0 amide bonds. The standard InChI is InChI=1S/C15H18Cl2O3/c1-9-3-4-12(20-9)15(17)10-7-13-14(8-11(10)16)19-6-2-5-18-13/h7-9,12,15H,2-6H2,1H3. The first-order chi connectivity index (χ1) is 9.65. The second-order valence-electron chi connectivity index (χ2n) is 5.34. The third kappa shape index (κ3) is 2.85. The zero-order valence-corrected chi connectivity index (χ0v) is 12.9. The van der Waals surface area contributed by atoms with Crippen molar-refractivity contribution in [2.24, 2.45) is 0 Å². The summed E-state index contributed by atoms with van der Waals surface area (Å²) in [5.74, 6) is 1.42. The summed E-state index contributed by atoms with van der Waals surface area (Å²) < 4.78 is 17.2. The first-order valence-corrected chi connectivity index (χ1v) is 7.85. The SMILES string of the molecule is CC1CCC(C(Cl)c2cc3c(cc2Cl)OCCCO3)O1. The van der Waals surface area contributed by atoms with Crippen LogP contribution in [0.5, 0.6) is 11.5 Å². The van der Waals surface area contributed by atoms with Gasteiger partial charge in [0.15, 0.2) is 11.5 Å². The molecular formula is C15H18Cl2O3. The van der Waals surface area contributed by atoms with E-state index in [1.54, 1.807) is 6.07 Å². The normalized spacial score (nSPS) is 27.1. The molecule has 0 aliphatic carbocycles. The Kier molecular flexibility index (Phi) is 4.29. The molecule has 20 heavy (non-hydrogen) atoms. The van der Waals surface area contributed by atoms with Crippen LogP contribution >= 0.6 is 23.2 Å². The van der Waals surface area contributed by atoms with Gasteiger partial charge in [-0.1, -0.05) is 11.6 Å². The van der Waals surface area contributed by atoms with Crippen LogP contribution in [0.1, 0.15) is 37.1 Å². The van der Waals surface area contributed by atoms with Crippen LogP contribution in [-0.4, -0.2) is 25.4 Å². The van der Waals surface area contributed by atoms with E-state index in [9.17, 15) is 0 Å². The fourth-order valence-electron chi connectivity index (χ4n) is 2.66. The lowest BCUT2D eigenvalue weighted by molar-refractivity contribution is 0.0533. The fourth-order valence-corrected chi connectivity index (χ4v) is 3.35. The summed E-state index contributed by atoms with van der Waals surface area (Å²) in [4.78, 5) is 0. The fraction of sp³-hybridized carbons (Fsp3) is 0.600. The average molecular weight is 317 g/mol. The van der Waals surface area contributed by atoms with Crippen molar-refractivity contribution in [1.82, 2.24) is 0 Å². The summed E-state index contributed by atoms with van der Waals surface area (Å²) in [5, 5.41) is 0.349. The minimum atomic E-state index is -0.260. The van der Waals surface area contributed by atoms with Crippen molar-refractivity contribution in [2.45, 2.75) is 43.8 Å². The highest BCUT2D eigenvalue weighted by Gasteiger charge is 2.31. The number of hydrogen-bond acceptors (Lipinski definition) is 3. The Morgan fingerprint density at radius 1 is 1.15 bits per heavy atom. The van der Waals surface area contributed by atoms with E-state index in [-0.39, 0.29) is 17.6 Å². The van der Waals surface area contributed by atoms with Crippen molar-refractivity contribution < 1.29 is 14.2 Å². The summed E-state index contributed by atoms with van der Waals surface area (Å²) >= 11 is 12.9. The van der Waals surface area contributed by atoms with Crippen LogP contribution in [-0.2, 0) is 4.74 Å². The number of ether oxygens (including phenoxy) is 3. The van der Waals surface area contributed by atoms with Crippen LogP contribution in [0.3, 0.4) is 0 Å². The van der Waals surface area contributed by atoms with Crippen molar-refractivity contribution in [3.8, 4) is 11.5 Å². The van der Waals surface area contributed by atoms with Gasteiger partial charge >= 0.3 is 0 Å². The number of halogens is 2. The Labute approximate surface area is 129 Å². The van der Waals surface area contributed by atoms with Crippen molar-refractivity contribution in [2.75, 3.05) is 13.2 Å². The molecule has 5 heteroatoms. The van der Waals surface area contributed by atoms with E-state index < -0.39 is 0 Å². The van der Waals surface area contributed by atoms with Crippen molar-refractivity contribution >= 4 is 23.2 Å². The molecule has 0 bridgehead atoms. The molecule has 1 aromatic rings. The maximum Gasteiger partial charge on any atom is 0.162 e. The summed E-state index contributed by atoms with van der Waals surface area (Å²) in [5.41, 5.74) is 0.858. The van der Waals surface area contributed by atoms with E-state index in [0.29, 0.717) is 24.0 Å². The lowest BCUT2D eigenvalue weighted by Gasteiger charge is -2.20. The van der Waals surface area contributed by atoms with Gasteiger partial charge in [-0.2, -0.15) is 0 Å². The quantitative estimate of drug-likeness (QED) is 0.759. The molecular weight excluding hydrogens is 299 g/mol. The maximum absolute atomic E-state index is 6.56. The third-order valence-electron chi connectivity index (χ3n) is 3.76. The molecule has 3 atom stereocenters. The predicted molar refractivity (Wildman–Crippen MR) is 79.2 cm³/mol. The zero-order chi connectivity index (χ0) is 14.1. The number of hydrogen-bond donors (Lipinski definition) is 0. The third-order valence-corrected chi connectivity index (χ3v) is 4.60. The molecule has 3 rings (SSSR count). The molecule has 2 heterocycles. The highest BCUT2D eigenvalue weighted by molar-refractivity contribution is 6.33. The lowest BCUT2D eigenvalue weighted by atomic mass is 10.0. The summed E-state index contributed by atoms with van der Waals surface area (Å²) in [6, 6.07) is 3.69. The molecule has 2 aliphatic rings. The average Bonchev–Trinajstić information content (AvgIpc) is 2.73. The van der Waals surface area contributed by atoms with E-state index in [1.165, 1.54) is 0 Å². The molecule has 1 fully saturated rings. The van der Waals surface area contributed by atoms with E-state index in [4.69, 9.17) is 37.4 Å². The summed E-state index contributed by atoms with van der Waals surface area (Å²) in [7, 11) is 0. The molecule has 1 saturated heterocycles. The minimum Gasteiger partial charge on any atom is -0.490 e. The second kappa shape index (κ2) is 6.00. The van der Waals surface area contributed by atoms with Gasteiger partial charge < -0.3 is 14.2 Å². The molecule has 0 saturated carbocycles. The highest BCUT2D eigenvalue weighted by atomic mass is 35.5. The molecule has 0 spiro atoms. The van der Waals surface area contributed by atoms with Gasteiger partial charge in [0.1, 0.15) is 0 Å². The molecule has 110 valence electrons.